The second-order valence-corrected chi connectivity index (χ2v) is 33.0. The molecule has 662 valence electrons. The van der Waals surface area contributed by atoms with Crippen LogP contribution >= 0.6 is 0 Å². The topological polar surface area (TPSA) is 0 Å². The van der Waals surface area contributed by atoms with E-state index in [1.165, 1.54) is 132 Å². The molecule has 13 heteroatoms. The predicted octanol–water partition coefficient (Wildman–Crippen LogP) is 34.8. The lowest BCUT2D eigenvalue weighted by Gasteiger charge is -2.10. The number of hydrogen-bond acceptors (Lipinski definition) is 0. The van der Waals surface area contributed by atoms with Gasteiger partial charge in [-0.25, -0.2) is 57.1 Å². The highest BCUT2D eigenvalue weighted by molar-refractivity contribution is 5.72. The van der Waals surface area contributed by atoms with Gasteiger partial charge in [-0.15, -0.1) is 0 Å². The van der Waals surface area contributed by atoms with Crippen LogP contribution < -0.4 is 0 Å². The Bertz CT molecular complexity index is 6340. The van der Waals surface area contributed by atoms with E-state index >= 15 is 0 Å². The van der Waals surface area contributed by atoms with Gasteiger partial charge in [0.25, 0.3) is 0 Å². The summed E-state index contributed by atoms with van der Waals surface area (Å²) in [6.45, 7) is 37.2. The summed E-state index contributed by atoms with van der Waals surface area (Å²) in [5, 5.41) is 0. The van der Waals surface area contributed by atoms with Crippen molar-refractivity contribution in [3.05, 3.63) is 472 Å². The molecule has 0 amide bonds. The molecule has 0 nitrogen and oxygen atoms in total. The molecule has 0 saturated heterocycles. The van der Waals surface area contributed by atoms with E-state index < -0.39 is 52.4 Å². The number of hydrogen-bond donors (Lipinski definition) is 0. The van der Waals surface area contributed by atoms with Crippen molar-refractivity contribution in [1.82, 2.24) is 0 Å². The molecule has 0 saturated carbocycles. The molecule has 16 rings (SSSR count). The maximum atomic E-state index is 13.7. The van der Waals surface area contributed by atoms with Crippen molar-refractivity contribution in [2.75, 3.05) is 0 Å². The third kappa shape index (κ3) is 27.6. The van der Waals surface area contributed by atoms with Crippen LogP contribution in [0.4, 0.5) is 57.1 Å². The van der Waals surface area contributed by atoms with Crippen LogP contribution in [0.25, 0.3) is 89.0 Å². The van der Waals surface area contributed by atoms with Crippen LogP contribution in [0.2, 0.25) is 0 Å². The van der Waals surface area contributed by atoms with Crippen LogP contribution in [0.15, 0.2) is 285 Å². The molecule has 0 bridgehead atoms. The average molecular weight is 1750 g/mol. The van der Waals surface area contributed by atoms with E-state index in [1.54, 1.807) is 83.1 Å². The van der Waals surface area contributed by atoms with Crippen molar-refractivity contribution in [2.45, 2.75) is 138 Å². The lowest BCUT2D eigenvalue weighted by Crippen LogP contribution is -1.93. The fourth-order valence-corrected chi connectivity index (χ4v) is 13.5. The summed E-state index contributed by atoms with van der Waals surface area (Å²) in [4.78, 5) is 0. The van der Waals surface area contributed by atoms with Gasteiger partial charge in [0, 0.05) is 27.8 Å². The molecular weight excluding hydrogens is 1640 g/mol. The van der Waals surface area contributed by atoms with Crippen molar-refractivity contribution in [1.29, 1.82) is 0 Å². The summed E-state index contributed by atoms with van der Waals surface area (Å²) >= 11 is 0. The van der Waals surface area contributed by atoms with Gasteiger partial charge < -0.3 is 0 Å². The molecule has 0 aromatic heterocycles. The lowest BCUT2D eigenvalue weighted by atomic mass is 9.96. The predicted molar refractivity (Wildman–Crippen MR) is 509 cm³/mol. The minimum Gasteiger partial charge on any atom is -0.207 e. The van der Waals surface area contributed by atoms with Crippen LogP contribution in [0.1, 0.15) is 111 Å². The standard InChI is InChI=1S/C16H16F2.C16H17F.C14H11F3.3C14H12F2.C14H13F.C14H14/c1-9-5-13(6-10(2)11(9)3)14-7-15(17)12(4)16(18)8-14;1-10-5-6-14(9-16(10)17)15-7-11(2)13(4)12(3)8-15;1-8-3-4-11(14(17)5-8)10-6-12(15)9(2)13(16)7-10;1-9-3-6-12(14(16)7-9)11-5-4-10(2)13(15)8-11;1-9-3-5-11(6-4-9)12-7-13(15)10(2)14(16)8-12;1-9-3-5-11(6-4-9)14-12(15)7-10(2)8-13(14)16;1-10-3-6-12(7-4-10)13-8-5-11(2)14(15)9-13;1-11-3-7-13(8-4-11)14-9-5-12(2)6-10-14/h5-8H,1-4H3;5-9H,1-4H3;3-7H,1-2H3;3*3-8H,1-2H3;3-9H,1-2H3;3-10H,1-2H3. The van der Waals surface area contributed by atoms with E-state index in [-0.39, 0.29) is 56.6 Å². The Morgan fingerprint density at radius 3 is 0.620 bits per heavy atom. The number of aryl methyl sites for hydroxylation is 15. The van der Waals surface area contributed by atoms with E-state index in [9.17, 15) is 57.1 Å². The first-order valence-electron chi connectivity index (χ1n) is 42.2. The summed E-state index contributed by atoms with van der Waals surface area (Å²) in [6.07, 6.45) is 0. The summed E-state index contributed by atoms with van der Waals surface area (Å²) in [6, 6.07) is 83.7. The fraction of sp³-hybridized carbons (Fsp3) is 0.172. The quantitative estimate of drug-likeness (QED) is 0.133. The van der Waals surface area contributed by atoms with Crippen molar-refractivity contribution < 1.29 is 57.1 Å². The molecule has 16 aromatic carbocycles. The van der Waals surface area contributed by atoms with Gasteiger partial charge in [0.1, 0.15) is 75.6 Å². The molecule has 0 aliphatic heterocycles. The van der Waals surface area contributed by atoms with Gasteiger partial charge in [0.05, 0.1) is 5.56 Å². The zero-order valence-corrected chi connectivity index (χ0v) is 76.5. The minimum atomic E-state index is -0.667. The molecule has 0 heterocycles. The maximum Gasteiger partial charge on any atom is 0.134 e. The largest absolute Gasteiger partial charge is 0.207 e. The molecule has 129 heavy (non-hydrogen) atoms. The van der Waals surface area contributed by atoms with Crippen molar-refractivity contribution in [2.24, 2.45) is 0 Å². The van der Waals surface area contributed by atoms with Crippen LogP contribution in [0.5, 0.6) is 0 Å². The highest BCUT2D eigenvalue weighted by Gasteiger charge is 2.17. The third-order valence-corrected chi connectivity index (χ3v) is 22.5. The number of rotatable bonds is 8. The molecule has 0 radical (unpaired) electrons. The first-order chi connectivity index (χ1) is 61.0. The highest BCUT2D eigenvalue weighted by Crippen LogP contribution is 2.35. The molecule has 0 aliphatic carbocycles. The van der Waals surface area contributed by atoms with Gasteiger partial charge in [0.2, 0.25) is 0 Å². The van der Waals surface area contributed by atoms with E-state index in [1.807, 2.05) is 152 Å². The summed E-state index contributed by atoms with van der Waals surface area (Å²) in [5.74, 6) is -5.75. The van der Waals surface area contributed by atoms with Crippen molar-refractivity contribution in [3.8, 4) is 89.0 Å². The Morgan fingerprint density at radius 1 is 0.116 bits per heavy atom. The summed E-state index contributed by atoms with van der Waals surface area (Å²) < 4.78 is 175. The smallest absolute Gasteiger partial charge is 0.134 e. The van der Waals surface area contributed by atoms with E-state index in [0.717, 1.165) is 78.9 Å². The normalized spacial score (nSPS) is 10.5. The Morgan fingerprint density at radius 2 is 0.318 bits per heavy atom. The Balaban J connectivity index is 0.000000166. The molecule has 16 aromatic rings. The molecule has 0 N–H and O–H groups in total. The van der Waals surface area contributed by atoms with Gasteiger partial charge in [-0.3, -0.25) is 0 Å². The van der Waals surface area contributed by atoms with E-state index in [0.29, 0.717) is 50.1 Å². The average Bonchev–Trinajstić information content (AvgIpc) is 0.796. The van der Waals surface area contributed by atoms with Gasteiger partial charge >= 0.3 is 0 Å². The van der Waals surface area contributed by atoms with Crippen LogP contribution in [-0.2, 0) is 0 Å². The minimum absolute atomic E-state index is 0.0469. The highest BCUT2D eigenvalue weighted by atomic mass is 19.2. The molecular formula is C116H107F13. The first-order valence-corrected chi connectivity index (χ1v) is 42.2. The molecule has 0 fully saturated rings. The third-order valence-electron chi connectivity index (χ3n) is 22.5. The second kappa shape index (κ2) is 45.3. The van der Waals surface area contributed by atoms with E-state index in [4.69, 9.17) is 0 Å². The molecule has 0 unspecified atom stereocenters. The van der Waals surface area contributed by atoms with Crippen LogP contribution in [0.3, 0.4) is 0 Å². The molecule has 0 spiro atoms. The first kappa shape index (κ1) is 99.4. The van der Waals surface area contributed by atoms with Crippen LogP contribution in [-0.4, -0.2) is 0 Å². The summed E-state index contributed by atoms with van der Waals surface area (Å²) in [7, 11) is 0. The zero-order chi connectivity index (χ0) is 94.5. The van der Waals surface area contributed by atoms with Gasteiger partial charge in [-0.2, -0.15) is 0 Å². The maximum absolute atomic E-state index is 13.7. The van der Waals surface area contributed by atoms with Crippen molar-refractivity contribution in [3.63, 3.8) is 0 Å². The van der Waals surface area contributed by atoms with E-state index in [2.05, 4.69) is 95.3 Å². The Hall–Kier alpha value is -13.4. The van der Waals surface area contributed by atoms with Crippen molar-refractivity contribution >= 4 is 0 Å². The number of benzene rings is 16. The molecule has 0 atom stereocenters. The summed E-state index contributed by atoms with van der Waals surface area (Å²) in [5.41, 5.74) is 29.0. The Kier molecular flexibility index (Phi) is 34.9. The van der Waals surface area contributed by atoms with Gasteiger partial charge in [0.15, 0.2) is 0 Å². The van der Waals surface area contributed by atoms with Gasteiger partial charge in [-0.05, 0) is 356 Å². The lowest BCUT2D eigenvalue weighted by molar-refractivity contribution is 0.568. The SMILES string of the molecule is Cc1cc(-c2cc(F)c(C)c(F)c2)cc(C)c1C.Cc1ccc(-c2c(F)cc(C)cc2F)cc1.Cc1ccc(-c2cc(C)c(C)c(C)c2)cc1F.Cc1ccc(-c2cc(F)c(C)c(F)c2)c(F)c1.Cc1ccc(-c2cc(F)c(C)c(F)c2)cc1.Cc1ccc(-c2ccc(C)c(F)c2)c(F)c1.Cc1ccc(-c2ccc(C)c(F)c2)cc1.Cc1ccc(-c2ccc(C)cc2)cc1. The fourth-order valence-electron chi connectivity index (χ4n) is 13.5. The Labute approximate surface area is 752 Å². The van der Waals surface area contributed by atoms with Crippen LogP contribution in [0, 0.1) is 214 Å². The van der Waals surface area contributed by atoms with Gasteiger partial charge in [-0.1, -0.05) is 234 Å². The number of halogens is 13. The molecule has 0 aliphatic rings. The second-order valence-electron chi connectivity index (χ2n) is 33.0. The monoisotopic (exact) mass is 1750 g/mol. The zero-order valence-electron chi connectivity index (χ0n) is 76.5.